The molecule has 3 rings (SSSR count). The van der Waals surface area contributed by atoms with Crippen LogP contribution in [0.15, 0.2) is 18.2 Å². The van der Waals surface area contributed by atoms with Crippen molar-refractivity contribution in [3.8, 4) is 5.75 Å². The lowest BCUT2D eigenvalue weighted by molar-refractivity contribution is -0.147. The first-order chi connectivity index (χ1) is 14.9. The Morgan fingerprint density at radius 3 is 2.22 bits per heavy atom. The fourth-order valence-electron chi connectivity index (χ4n) is 5.51. The second-order valence-corrected chi connectivity index (χ2v) is 9.99. The molecule has 1 aromatic rings. The van der Waals surface area contributed by atoms with Crippen LogP contribution in [-0.4, -0.2) is 24.5 Å². The third-order valence-electron chi connectivity index (χ3n) is 6.96. The summed E-state index contributed by atoms with van der Waals surface area (Å²) >= 11 is 0. The van der Waals surface area contributed by atoms with Crippen LogP contribution in [0.5, 0.6) is 5.75 Å². The Balaban J connectivity index is 2.23. The highest BCUT2D eigenvalue weighted by atomic mass is 16.5. The minimum atomic E-state index is -0.390. The Hall–Kier alpha value is -2.63. The van der Waals surface area contributed by atoms with E-state index in [9.17, 15) is 14.4 Å². The van der Waals surface area contributed by atoms with Crippen LogP contribution in [0.25, 0.3) is 5.76 Å². The van der Waals surface area contributed by atoms with E-state index in [0.29, 0.717) is 18.1 Å². The predicted octanol–water partition coefficient (Wildman–Crippen LogP) is 5.28. The molecule has 1 unspecified atom stereocenters. The van der Waals surface area contributed by atoms with Crippen molar-refractivity contribution in [2.24, 2.45) is 11.3 Å². The van der Waals surface area contributed by atoms with E-state index < -0.39 is 5.97 Å². The summed E-state index contributed by atoms with van der Waals surface area (Å²) in [7, 11) is 0. The first kappa shape index (κ1) is 24.0. The molecule has 6 nitrogen and oxygen atoms in total. The van der Waals surface area contributed by atoms with Crippen molar-refractivity contribution in [2.75, 3.05) is 6.61 Å². The van der Waals surface area contributed by atoms with Crippen molar-refractivity contribution in [1.29, 1.82) is 0 Å². The standard InChI is InChI=1S/C26H34O6/c1-15(2)19-11-20-21(12-22(19)31-17(4)28)26(7)10-8-9-25(6,14-30-16(3)27)24(26)13-23(20)32-18(5)29/h11-13,15,24H,8-10,14H2,1-7H3/t24?,25-,26+/m0/s1. The van der Waals surface area contributed by atoms with Gasteiger partial charge in [-0.3, -0.25) is 14.4 Å². The maximum atomic E-state index is 12.0. The summed E-state index contributed by atoms with van der Waals surface area (Å²) in [5, 5.41) is 0. The zero-order valence-electron chi connectivity index (χ0n) is 20.2. The number of allylic oxidation sites excluding steroid dienone is 1. The van der Waals surface area contributed by atoms with E-state index in [-0.39, 0.29) is 34.6 Å². The Bertz CT molecular complexity index is 975. The molecule has 0 bridgehead atoms. The maximum absolute atomic E-state index is 12.0. The molecule has 2 aliphatic rings. The molecule has 1 saturated carbocycles. The summed E-state index contributed by atoms with van der Waals surface area (Å²) in [5.74, 6) is 0.0728. The summed E-state index contributed by atoms with van der Waals surface area (Å²) in [6.07, 6.45) is 4.82. The number of carbonyl (C=O) groups is 3. The molecule has 6 heteroatoms. The highest BCUT2D eigenvalue weighted by molar-refractivity contribution is 5.80. The molecular formula is C26H34O6. The fraction of sp³-hybridized carbons (Fsp3) is 0.577. The van der Waals surface area contributed by atoms with Gasteiger partial charge in [-0.05, 0) is 54.0 Å². The molecule has 32 heavy (non-hydrogen) atoms. The average molecular weight is 443 g/mol. The van der Waals surface area contributed by atoms with Gasteiger partial charge in [-0.2, -0.15) is 0 Å². The van der Waals surface area contributed by atoms with Crippen LogP contribution >= 0.6 is 0 Å². The largest absolute Gasteiger partial charge is 0.465 e. The molecule has 0 aliphatic heterocycles. The van der Waals surface area contributed by atoms with E-state index in [4.69, 9.17) is 14.2 Å². The fourth-order valence-corrected chi connectivity index (χ4v) is 5.51. The molecule has 2 aliphatic carbocycles. The minimum absolute atomic E-state index is 0.0278. The smallest absolute Gasteiger partial charge is 0.308 e. The molecule has 0 radical (unpaired) electrons. The normalized spacial score (nSPS) is 26.5. The summed E-state index contributed by atoms with van der Waals surface area (Å²) in [6.45, 7) is 12.9. The first-order valence-electron chi connectivity index (χ1n) is 11.3. The van der Waals surface area contributed by atoms with E-state index in [1.54, 1.807) is 0 Å². The monoisotopic (exact) mass is 442 g/mol. The lowest BCUT2D eigenvalue weighted by atomic mass is 9.51. The second-order valence-electron chi connectivity index (χ2n) is 9.99. The van der Waals surface area contributed by atoms with E-state index in [1.807, 2.05) is 32.1 Å². The van der Waals surface area contributed by atoms with Gasteiger partial charge in [0.1, 0.15) is 11.5 Å². The van der Waals surface area contributed by atoms with Gasteiger partial charge in [0, 0.05) is 37.2 Å². The Morgan fingerprint density at radius 1 is 1.00 bits per heavy atom. The van der Waals surface area contributed by atoms with Crippen LogP contribution in [0, 0.1) is 11.3 Å². The summed E-state index contributed by atoms with van der Waals surface area (Å²) in [6, 6.07) is 3.94. The topological polar surface area (TPSA) is 78.9 Å². The van der Waals surface area contributed by atoms with Crippen molar-refractivity contribution < 1.29 is 28.6 Å². The Labute approximate surface area is 190 Å². The van der Waals surface area contributed by atoms with Gasteiger partial charge in [-0.25, -0.2) is 0 Å². The SMILES string of the molecule is CC(=O)OC[C@]1(C)CCC[C@]2(C)c3cc(OC(C)=O)c(C(C)C)cc3C(OC(C)=O)=CC12. The molecule has 0 N–H and O–H groups in total. The minimum Gasteiger partial charge on any atom is -0.465 e. The lowest BCUT2D eigenvalue weighted by Gasteiger charge is -2.53. The van der Waals surface area contributed by atoms with Crippen LogP contribution in [0.2, 0.25) is 0 Å². The predicted molar refractivity (Wildman–Crippen MR) is 121 cm³/mol. The van der Waals surface area contributed by atoms with Gasteiger partial charge in [0.25, 0.3) is 0 Å². The van der Waals surface area contributed by atoms with E-state index in [2.05, 4.69) is 13.8 Å². The number of esters is 3. The molecule has 0 spiro atoms. The van der Waals surface area contributed by atoms with Crippen molar-refractivity contribution in [3.05, 3.63) is 34.9 Å². The molecule has 0 saturated heterocycles. The first-order valence-corrected chi connectivity index (χ1v) is 11.3. The van der Waals surface area contributed by atoms with Gasteiger partial charge in [0.2, 0.25) is 0 Å². The number of rotatable bonds is 5. The molecule has 0 heterocycles. The Kier molecular flexibility index (Phi) is 6.55. The number of hydrogen-bond donors (Lipinski definition) is 0. The molecule has 174 valence electrons. The molecule has 1 fully saturated rings. The third-order valence-corrected chi connectivity index (χ3v) is 6.96. The molecule has 0 amide bonds. The maximum Gasteiger partial charge on any atom is 0.308 e. The molecule has 1 aromatic carbocycles. The number of carbonyl (C=O) groups excluding carboxylic acids is 3. The van der Waals surface area contributed by atoms with Crippen molar-refractivity contribution >= 4 is 23.7 Å². The summed E-state index contributed by atoms with van der Waals surface area (Å²) in [5.41, 5.74) is 2.12. The number of fused-ring (bicyclic) bond motifs is 3. The van der Waals surface area contributed by atoms with Gasteiger partial charge in [0.05, 0.1) is 6.61 Å². The van der Waals surface area contributed by atoms with Gasteiger partial charge < -0.3 is 14.2 Å². The van der Waals surface area contributed by atoms with Crippen molar-refractivity contribution in [1.82, 2.24) is 0 Å². The van der Waals surface area contributed by atoms with Crippen LogP contribution in [0.1, 0.15) is 90.3 Å². The highest BCUT2D eigenvalue weighted by Crippen LogP contribution is 2.58. The van der Waals surface area contributed by atoms with Crippen molar-refractivity contribution in [2.45, 2.75) is 79.1 Å². The number of benzene rings is 1. The number of ether oxygens (including phenoxy) is 3. The van der Waals surface area contributed by atoms with Crippen LogP contribution in [0.4, 0.5) is 0 Å². The third kappa shape index (κ3) is 4.45. The molecule has 0 aromatic heterocycles. The van der Waals surface area contributed by atoms with E-state index in [1.165, 1.54) is 20.8 Å². The second kappa shape index (κ2) is 8.72. The zero-order chi connectivity index (χ0) is 23.8. The number of hydrogen-bond acceptors (Lipinski definition) is 6. The summed E-state index contributed by atoms with van der Waals surface area (Å²) < 4.78 is 16.8. The quantitative estimate of drug-likeness (QED) is 0.456. The average Bonchev–Trinajstić information content (AvgIpc) is 2.67. The lowest BCUT2D eigenvalue weighted by Crippen LogP contribution is -2.49. The van der Waals surface area contributed by atoms with Crippen LogP contribution in [-0.2, 0) is 29.3 Å². The summed E-state index contributed by atoms with van der Waals surface area (Å²) in [4.78, 5) is 35.4. The molecular weight excluding hydrogens is 408 g/mol. The van der Waals surface area contributed by atoms with Gasteiger partial charge >= 0.3 is 17.9 Å². The van der Waals surface area contributed by atoms with Gasteiger partial charge in [-0.15, -0.1) is 0 Å². The van der Waals surface area contributed by atoms with Crippen molar-refractivity contribution in [3.63, 3.8) is 0 Å². The van der Waals surface area contributed by atoms with Crippen LogP contribution in [0.3, 0.4) is 0 Å². The Morgan fingerprint density at radius 2 is 1.66 bits per heavy atom. The molecule has 3 atom stereocenters. The zero-order valence-corrected chi connectivity index (χ0v) is 20.2. The van der Waals surface area contributed by atoms with E-state index >= 15 is 0 Å². The highest BCUT2D eigenvalue weighted by Gasteiger charge is 2.52. The van der Waals surface area contributed by atoms with Gasteiger partial charge in [0.15, 0.2) is 0 Å². The van der Waals surface area contributed by atoms with Crippen LogP contribution < -0.4 is 4.74 Å². The van der Waals surface area contributed by atoms with E-state index in [0.717, 1.165) is 36.0 Å². The van der Waals surface area contributed by atoms with Gasteiger partial charge in [-0.1, -0.05) is 34.1 Å².